The van der Waals surface area contributed by atoms with E-state index in [1.807, 2.05) is 6.07 Å². The SMILES string of the molecule is CCCNC1CCCCC1CN(C)Cc1cccc(F)c1. The Hall–Kier alpha value is -0.930. The molecule has 1 aromatic carbocycles. The van der Waals surface area contributed by atoms with Crippen molar-refractivity contribution in [3.05, 3.63) is 35.6 Å². The molecule has 1 fully saturated rings. The van der Waals surface area contributed by atoms with Gasteiger partial charge in [0.05, 0.1) is 0 Å². The number of nitrogens with zero attached hydrogens (tertiary/aromatic N) is 1. The molecule has 1 aliphatic carbocycles. The Kier molecular flexibility index (Phi) is 6.65. The maximum absolute atomic E-state index is 13.2. The second-order valence-electron chi connectivity index (χ2n) is 6.43. The Bertz CT molecular complexity index is 421. The molecule has 1 N–H and O–H groups in total. The largest absolute Gasteiger partial charge is 0.314 e. The molecule has 1 aromatic rings. The van der Waals surface area contributed by atoms with E-state index in [1.54, 1.807) is 12.1 Å². The minimum Gasteiger partial charge on any atom is -0.314 e. The molecule has 1 aliphatic rings. The van der Waals surface area contributed by atoms with E-state index < -0.39 is 0 Å². The number of hydrogen-bond acceptors (Lipinski definition) is 2. The van der Waals surface area contributed by atoms with Gasteiger partial charge in [-0.25, -0.2) is 4.39 Å². The van der Waals surface area contributed by atoms with Crippen molar-refractivity contribution in [2.24, 2.45) is 5.92 Å². The lowest BCUT2D eigenvalue weighted by molar-refractivity contribution is 0.185. The van der Waals surface area contributed by atoms with Crippen molar-refractivity contribution in [2.45, 2.75) is 51.6 Å². The molecule has 0 bridgehead atoms. The van der Waals surface area contributed by atoms with E-state index in [0.29, 0.717) is 6.04 Å². The van der Waals surface area contributed by atoms with Gasteiger partial charge >= 0.3 is 0 Å². The molecule has 0 radical (unpaired) electrons. The van der Waals surface area contributed by atoms with Crippen LogP contribution in [-0.4, -0.2) is 31.1 Å². The first-order valence-electron chi connectivity index (χ1n) is 8.35. The zero-order valence-electron chi connectivity index (χ0n) is 13.4. The van der Waals surface area contributed by atoms with Gasteiger partial charge in [-0.1, -0.05) is 31.9 Å². The van der Waals surface area contributed by atoms with Crippen LogP contribution in [0.3, 0.4) is 0 Å². The molecule has 0 saturated heterocycles. The predicted molar refractivity (Wildman–Crippen MR) is 86.8 cm³/mol. The van der Waals surface area contributed by atoms with Crippen molar-refractivity contribution >= 4 is 0 Å². The Labute approximate surface area is 128 Å². The average molecular weight is 292 g/mol. The first-order valence-corrected chi connectivity index (χ1v) is 8.35. The van der Waals surface area contributed by atoms with Gasteiger partial charge in [0.1, 0.15) is 5.82 Å². The normalized spacial score (nSPS) is 22.7. The molecule has 3 heteroatoms. The molecule has 2 unspecified atom stereocenters. The summed E-state index contributed by atoms with van der Waals surface area (Å²) in [5.41, 5.74) is 1.06. The molecule has 0 amide bonds. The van der Waals surface area contributed by atoms with Gasteiger partial charge in [0.25, 0.3) is 0 Å². The second-order valence-corrected chi connectivity index (χ2v) is 6.43. The van der Waals surface area contributed by atoms with Crippen LogP contribution in [0.5, 0.6) is 0 Å². The lowest BCUT2D eigenvalue weighted by Crippen LogP contribution is -2.43. The quantitative estimate of drug-likeness (QED) is 0.822. The highest BCUT2D eigenvalue weighted by Gasteiger charge is 2.25. The van der Waals surface area contributed by atoms with Crippen molar-refractivity contribution in [3.8, 4) is 0 Å². The predicted octanol–water partition coefficient (Wildman–Crippen LogP) is 3.82. The molecule has 0 heterocycles. The summed E-state index contributed by atoms with van der Waals surface area (Å²) in [6.07, 6.45) is 6.52. The average Bonchev–Trinajstić information content (AvgIpc) is 2.46. The first kappa shape index (κ1) is 16.4. The van der Waals surface area contributed by atoms with Gasteiger partial charge in [0, 0.05) is 19.1 Å². The summed E-state index contributed by atoms with van der Waals surface area (Å²) in [5.74, 6) is 0.588. The summed E-state index contributed by atoms with van der Waals surface area (Å²) in [6.45, 7) is 5.27. The van der Waals surface area contributed by atoms with E-state index in [1.165, 1.54) is 38.2 Å². The molecule has 2 atom stereocenters. The van der Waals surface area contributed by atoms with Crippen LogP contribution >= 0.6 is 0 Å². The lowest BCUT2D eigenvalue weighted by Gasteiger charge is -2.35. The van der Waals surface area contributed by atoms with E-state index in [2.05, 4.69) is 24.2 Å². The van der Waals surface area contributed by atoms with Crippen LogP contribution in [0, 0.1) is 11.7 Å². The van der Waals surface area contributed by atoms with Gasteiger partial charge in [-0.05, 0) is 56.5 Å². The number of benzene rings is 1. The maximum Gasteiger partial charge on any atom is 0.123 e. The van der Waals surface area contributed by atoms with Crippen LogP contribution in [0.25, 0.3) is 0 Å². The fourth-order valence-corrected chi connectivity index (χ4v) is 3.44. The molecule has 2 rings (SSSR count). The highest BCUT2D eigenvalue weighted by Crippen LogP contribution is 2.25. The minimum atomic E-state index is -0.138. The smallest absolute Gasteiger partial charge is 0.123 e. The summed E-state index contributed by atoms with van der Waals surface area (Å²) < 4.78 is 13.2. The molecule has 1 saturated carbocycles. The zero-order chi connectivity index (χ0) is 15.1. The Morgan fingerprint density at radius 2 is 2.10 bits per heavy atom. The molecular formula is C18H29FN2. The number of hydrogen-bond donors (Lipinski definition) is 1. The van der Waals surface area contributed by atoms with E-state index >= 15 is 0 Å². The van der Waals surface area contributed by atoms with Gasteiger partial charge in [-0.2, -0.15) is 0 Å². The van der Waals surface area contributed by atoms with Crippen LogP contribution in [0.1, 0.15) is 44.6 Å². The maximum atomic E-state index is 13.2. The summed E-state index contributed by atoms with van der Waals surface area (Å²) in [7, 11) is 2.15. The summed E-state index contributed by atoms with van der Waals surface area (Å²) >= 11 is 0. The molecule has 2 nitrogen and oxygen atoms in total. The third-order valence-electron chi connectivity index (χ3n) is 4.45. The number of halogens is 1. The molecule has 118 valence electrons. The van der Waals surface area contributed by atoms with E-state index in [-0.39, 0.29) is 5.82 Å². The molecular weight excluding hydrogens is 263 g/mol. The van der Waals surface area contributed by atoms with Gasteiger partial charge in [-0.15, -0.1) is 0 Å². The van der Waals surface area contributed by atoms with E-state index in [4.69, 9.17) is 0 Å². The fraction of sp³-hybridized carbons (Fsp3) is 0.667. The van der Waals surface area contributed by atoms with Crippen LogP contribution in [-0.2, 0) is 6.54 Å². The first-order chi connectivity index (χ1) is 10.2. The van der Waals surface area contributed by atoms with Gasteiger partial charge < -0.3 is 10.2 Å². The second kappa shape index (κ2) is 8.50. The minimum absolute atomic E-state index is 0.138. The van der Waals surface area contributed by atoms with E-state index in [0.717, 1.165) is 31.1 Å². The topological polar surface area (TPSA) is 15.3 Å². The monoisotopic (exact) mass is 292 g/mol. The molecule has 0 spiro atoms. The highest BCUT2D eigenvalue weighted by molar-refractivity contribution is 5.16. The fourth-order valence-electron chi connectivity index (χ4n) is 3.44. The molecule has 21 heavy (non-hydrogen) atoms. The Morgan fingerprint density at radius 3 is 2.86 bits per heavy atom. The van der Waals surface area contributed by atoms with Crippen molar-refractivity contribution < 1.29 is 4.39 Å². The van der Waals surface area contributed by atoms with Crippen LogP contribution in [0.15, 0.2) is 24.3 Å². The Balaban J connectivity index is 1.86. The molecule has 0 aromatic heterocycles. The summed E-state index contributed by atoms with van der Waals surface area (Å²) in [4.78, 5) is 2.34. The third-order valence-corrected chi connectivity index (χ3v) is 4.45. The highest BCUT2D eigenvalue weighted by atomic mass is 19.1. The summed E-state index contributed by atoms with van der Waals surface area (Å²) in [6, 6.07) is 7.62. The van der Waals surface area contributed by atoms with Crippen LogP contribution in [0.2, 0.25) is 0 Å². The van der Waals surface area contributed by atoms with Gasteiger partial charge in [-0.3, -0.25) is 0 Å². The number of nitrogens with one attached hydrogen (secondary N) is 1. The van der Waals surface area contributed by atoms with Crippen molar-refractivity contribution in [2.75, 3.05) is 20.1 Å². The standard InChI is InChI=1S/C18H29FN2/c1-3-11-20-18-10-5-4-8-16(18)14-21(2)13-15-7-6-9-17(19)12-15/h6-7,9,12,16,18,20H,3-5,8,10-11,13-14H2,1-2H3. The van der Waals surface area contributed by atoms with Gasteiger partial charge in [0.2, 0.25) is 0 Å². The molecule has 0 aliphatic heterocycles. The Morgan fingerprint density at radius 1 is 1.29 bits per heavy atom. The zero-order valence-corrected chi connectivity index (χ0v) is 13.4. The summed E-state index contributed by atoms with van der Waals surface area (Å²) in [5, 5.41) is 3.71. The third kappa shape index (κ3) is 5.40. The van der Waals surface area contributed by atoms with Crippen LogP contribution < -0.4 is 5.32 Å². The van der Waals surface area contributed by atoms with Crippen molar-refractivity contribution in [1.82, 2.24) is 10.2 Å². The van der Waals surface area contributed by atoms with Crippen molar-refractivity contribution in [3.63, 3.8) is 0 Å². The van der Waals surface area contributed by atoms with Crippen LogP contribution in [0.4, 0.5) is 4.39 Å². The van der Waals surface area contributed by atoms with E-state index in [9.17, 15) is 4.39 Å². The lowest BCUT2D eigenvalue weighted by atomic mass is 9.84. The van der Waals surface area contributed by atoms with Crippen molar-refractivity contribution in [1.29, 1.82) is 0 Å². The number of rotatable bonds is 7. The van der Waals surface area contributed by atoms with Gasteiger partial charge in [0.15, 0.2) is 0 Å².